The van der Waals surface area contributed by atoms with Crippen LogP contribution in [0.4, 0.5) is 0 Å². The zero-order valence-electron chi connectivity index (χ0n) is 15.7. The molecule has 0 fully saturated rings. The van der Waals surface area contributed by atoms with Crippen LogP contribution in [0.5, 0.6) is 5.88 Å². The number of aromatic hydroxyl groups is 1. The number of aromatic amines is 1. The fourth-order valence-electron chi connectivity index (χ4n) is 2.53. The highest BCUT2D eigenvalue weighted by Crippen LogP contribution is 2.13. The average molecular weight is 383 g/mol. The van der Waals surface area contributed by atoms with E-state index in [1.165, 1.54) is 4.57 Å². The molecule has 0 unspecified atom stereocenters. The average Bonchev–Trinajstić information content (AvgIpc) is 2.60. The van der Waals surface area contributed by atoms with Crippen LogP contribution < -0.4 is 11.0 Å². The molecule has 0 aliphatic carbocycles. The molecular weight excluding hydrogens is 352 g/mol. The first kappa shape index (κ1) is 22.1. The smallest absolute Gasteiger partial charge is 0.264 e. The SMILES string of the molecule is CCCCCCC(=O)NN=Cc1c(O)n(CCCCCC)c(=S)[nH]c1=O. The lowest BCUT2D eigenvalue weighted by Gasteiger charge is -2.10. The second-order valence-corrected chi connectivity index (χ2v) is 6.70. The minimum Gasteiger partial charge on any atom is -0.494 e. The van der Waals surface area contributed by atoms with Gasteiger partial charge < -0.3 is 5.11 Å². The number of hydrazone groups is 1. The highest BCUT2D eigenvalue weighted by atomic mass is 32.1. The van der Waals surface area contributed by atoms with Crippen molar-refractivity contribution in [2.75, 3.05) is 0 Å². The van der Waals surface area contributed by atoms with Gasteiger partial charge in [0.05, 0.1) is 6.21 Å². The Kier molecular flexibility index (Phi) is 10.5. The van der Waals surface area contributed by atoms with Gasteiger partial charge in [-0.05, 0) is 25.1 Å². The predicted molar refractivity (Wildman–Crippen MR) is 106 cm³/mol. The van der Waals surface area contributed by atoms with E-state index in [0.29, 0.717) is 13.0 Å². The Bertz CT molecular complexity index is 709. The molecule has 0 saturated heterocycles. The fourth-order valence-corrected chi connectivity index (χ4v) is 2.80. The van der Waals surface area contributed by atoms with E-state index in [-0.39, 0.29) is 22.1 Å². The van der Waals surface area contributed by atoms with Crippen molar-refractivity contribution in [3.63, 3.8) is 0 Å². The third kappa shape index (κ3) is 7.51. The minimum atomic E-state index is -0.529. The number of aromatic nitrogens is 2. The van der Waals surface area contributed by atoms with Crippen molar-refractivity contribution in [1.29, 1.82) is 0 Å². The summed E-state index contributed by atoms with van der Waals surface area (Å²) in [5, 5.41) is 14.1. The predicted octanol–water partition coefficient (Wildman–Crippen LogP) is 3.61. The summed E-state index contributed by atoms with van der Waals surface area (Å²) in [7, 11) is 0. The van der Waals surface area contributed by atoms with Gasteiger partial charge in [-0.1, -0.05) is 52.4 Å². The zero-order valence-corrected chi connectivity index (χ0v) is 16.5. The summed E-state index contributed by atoms with van der Waals surface area (Å²) in [6.45, 7) is 4.75. The maximum absolute atomic E-state index is 12.0. The molecule has 0 spiro atoms. The summed E-state index contributed by atoms with van der Waals surface area (Å²) in [4.78, 5) is 26.2. The maximum atomic E-state index is 12.0. The monoisotopic (exact) mass is 382 g/mol. The topological polar surface area (TPSA) is 99.5 Å². The Morgan fingerprint density at radius 2 is 1.85 bits per heavy atom. The van der Waals surface area contributed by atoms with Crippen molar-refractivity contribution in [2.45, 2.75) is 78.2 Å². The van der Waals surface area contributed by atoms with E-state index in [0.717, 1.165) is 57.6 Å². The molecule has 0 atom stereocenters. The summed E-state index contributed by atoms with van der Waals surface area (Å²) >= 11 is 5.12. The molecule has 7 nitrogen and oxygen atoms in total. The van der Waals surface area contributed by atoms with E-state index in [4.69, 9.17) is 12.2 Å². The number of unbranched alkanes of at least 4 members (excludes halogenated alkanes) is 6. The quantitative estimate of drug-likeness (QED) is 0.222. The van der Waals surface area contributed by atoms with Gasteiger partial charge in [-0.15, -0.1) is 0 Å². The molecule has 26 heavy (non-hydrogen) atoms. The summed E-state index contributed by atoms with van der Waals surface area (Å²) < 4.78 is 1.67. The number of nitrogens with one attached hydrogen (secondary N) is 2. The second-order valence-electron chi connectivity index (χ2n) is 6.31. The number of amides is 1. The number of carbonyl (C=O) groups is 1. The van der Waals surface area contributed by atoms with Crippen molar-refractivity contribution in [3.8, 4) is 5.88 Å². The van der Waals surface area contributed by atoms with Crippen LogP contribution in [-0.2, 0) is 11.3 Å². The van der Waals surface area contributed by atoms with E-state index < -0.39 is 5.56 Å². The van der Waals surface area contributed by atoms with Gasteiger partial charge in [-0.2, -0.15) is 5.10 Å². The number of rotatable bonds is 12. The van der Waals surface area contributed by atoms with Crippen molar-refractivity contribution < 1.29 is 9.90 Å². The third-order valence-corrected chi connectivity index (χ3v) is 4.40. The van der Waals surface area contributed by atoms with Gasteiger partial charge in [0.25, 0.3) is 5.56 Å². The third-order valence-electron chi connectivity index (χ3n) is 4.08. The summed E-state index contributed by atoms with van der Waals surface area (Å²) in [6, 6.07) is 0. The summed E-state index contributed by atoms with van der Waals surface area (Å²) in [5.41, 5.74) is 1.84. The van der Waals surface area contributed by atoms with Crippen LogP contribution in [0, 0.1) is 4.77 Å². The molecule has 0 aromatic carbocycles. The van der Waals surface area contributed by atoms with Crippen LogP contribution >= 0.6 is 12.2 Å². The first-order chi connectivity index (χ1) is 12.5. The van der Waals surface area contributed by atoms with Crippen molar-refractivity contribution >= 4 is 24.3 Å². The highest BCUT2D eigenvalue weighted by molar-refractivity contribution is 7.71. The van der Waals surface area contributed by atoms with Gasteiger partial charge in [0.2, 0.25) is 11.8 Å². The maximum Gasteiger partial charge on any atom is 0.264 e. The molecule has 1 rings (SSSR count). The highest BCUT2D eigenvalue weighted by Gasteiger charge is 2.11. The molecule has 0 aliphatic rings. The standard InChI is InChI=1S/C18H30N4O3S/c1-3-5-7-9-11-15(23)21-19-13-14-16(24)20-18(26)22(17(14)25)12-10-8-6-4-2/h13,25H,3-12H2,1-2H3,(H,21,23)(H,20,24,26). The molecule has 1 aromatic heterocycles. The largest absolute Gasteiger partial charge is 0.494 e. The molecule has 146 valence electrons. The van der Waals surface area contributed by atoms with Gasteiger partial charge in [0.15, 0.2) is 4.77 Å². The fraction of sp³-hybridized carbons (Fsp3) is 0.667. The lowest BCUT2D eigenvalue weighted by molar-refractivity contribution is -0.121. The van der Waals surface area contributed by atoms with Gasteiger partial charge in [-0.25, -0.2) is 5.43 Å². The molecule has 1 heterocycles. The van der Waals surface area contributed by atoms with Gasteiger partial charge in [0.1, 0.15) is 5.56 Å². The van der Waals surface area contributed by atoms with Crippen LogP contribution in [-0.4, -0.2) is 26.8 Å². The molecule has 1 aromatic rings. The van der Waals surface area contributed by atoms with Crippen LogP contribution in [0.3, 0.4) is 0 Å². The van der Waals surface area contributed by atoms with E-state index in [1.54, 1.807) is 0 Å². The molecule has 3 N–H and O–H groups in total. The van der Waals surface area contributed by atoms with E-state index in [1.807, 2.05) is 0 Å². The van der Waals surface area contributed by atoms with Gasteiger partial charge in [-0.3, -0.25) is 19.1 Å². The summed E-state index contributed by atoms with van der Waals surface area (Å²) in [5.74, 6) is -0.434. The number of H-pyrrole nitrogens is 1. The molecular formula is C18H30N4O3S. The Labute approximate surface area is 159 Å². The lowest BCUT2D eigenvalue weighted by Crippen LogP contribution is -2.21. The van der Waals surface area contributed by atoms with Crippen molar-refractivity contribution in [1.82, 2.24) is 15.0 Å². The second kappa shape index (κ2) is 12.4. The van der Waals surface area contributed by atoms with Crippen LogP contribution in [0.2, 0.25) is 0 Å². The van der Waals surface area contributed by atoms with Crippen molar-refractivity contribution in [3.05, 3.63) is 20.7 Å². The number of nitrogens with zero attached hydrogens (tertiary/aromatic N) is 2. The van der Waals surface area contributed by atoms with Crippen LogP contribution in [0.25, 0.3) is 0 Å². The normalized spacial score (nSPS) is 11.2. The Morgan fingerprint density at radius 3 is 2.50 bits per heavy atom. The molecule has 1 amide bonds. The molecule has 0 bridgehead atoms. The Hall–Kier alpha value is -1.96. The Balaban J connectivity index is 2.72. The zero-order chi connectivity index (χ0) is 19.4. The first-order valence-electron chi connectivity index (χ1n) is 9.39. The molecule has 0 radical (unpaired) electrons. The van der Waals surface area contributed by atoms with Crippen LogP contribution in [0.1, 0.15) is 77.2 Å². The lowest BCUT2D eigenvalue weighted by atomic mass is 10.1. The molecule has 0 saturated carbocycles. The number of hydrogen-bond acceptors (Lipinski definition) is 5. The number of hydrogen-bond donors (Lipinski definition) is 3. The van der Waals surface area contributed by atoms with Gasteiger partial charge in [0, 0.05) is 13.0 Å². The Morgan fingerprint density at radius 1 is 1.19 bits per heavy atom. The molecule has 8 heteroatoms. The first-order valence-corrected chi connectivity index (χ1v) is 9.80. The van der Waals surface area contributed by atoms with E-state index in [9.17, 15) is 14.7 Å². The van der Waals surface area contributed by atoms with E-state index >= 15 is 0 Å². The van der Waals surface area contributed by atoms with Gasteiger partial charge >= 0.3 is 0 Å². The minimum absolute atomic E-state index is 0.0135. The van der Waals surface area contributed by atoms with E-state index in [2.05, 4.69) is 29.4 Å². The molecule has 0 aliphatic heterocycles. The van der Waals surface area contributed by atoms with Crippen LogP contribution in [0.15, 0.2) is 9.90 Å². The number of carbonyl (C=O) groups excluding carboxylic acids is 1. The summed E-state index contributed by atoms with van der Waals surface area (Å²) in [6.07, 6.45) is 9.67. The van der Waals surface area contributed by atoms with Crippen molar-refractivity contribution in [2.24, 2.45) is 5.10 Å².